The van der Waals surface area contributed by atoms with Crippen LogP contribution in [0.2, 0.25) is 0 Å². The van der Waals surface area contributed by atoms with Crippen molar-refractivity contribution in [3.05, 3.63) is 71.5 Å². The van der Waals surface area contributed by atoms with Crippen LogP contribution in [0, 0.1) is 29.6 Å². The van der Waals surface area contributed by atoms with Gasteiger partial charge in [0.05, 0.1) is 48.3 Å². The van der Waals surface area contributed by atoms with Gasteiger partial charge in [-0.25, -0.2) is 9.97 Å². The molecule has 0 bridgehead atoms. The number of nitriles is 2. The number of benzene rings is 2. The van der Waals surface area contributed by atoms with Gasteiger partial charge in [-0.3, -0.25) is 4.40 Å². The van der Waals surface area contributed by atoms with E-state index >= 15 is 0 Å². The molecule has 0 radical (unpaired) electrons. The SMILES string of the molecule is COc1nc(-c2ccc(C#N)cc2)c(-c2ccc(C)cc2)n2cc(CC#N)nc12. The van der Waals surface area contributed by atoms with Crippen LogP contribution in [0.15, 0.2) is 54.7 Å². The van der Waals surface area contributed by atoms with Gasteiger partial charge in [-0.1, -0.05) is 42.0 Å². The highest BCUT2D eigenvalue weighted by Gasteiger charge is 2.20. The van der Waals surface area contributed by atoms with Crippen LogP contribution in [0.4, 0.5) is 0 Å². The van der Waals surface area contributed by atoms with E-state index in [2.05, 4.69) is 17.1 Å². The van der Waals surface area contributed by atoms with E-state index in [1.807, 2.05) is 53.9 Å². The fourth-order valence-electron chi connectivity index (χ4n) is 3.26. The fraction of sp³-hybridized carbons (Fsp3) is 0.130. The molecule has 0 unspecified atom stereocenters. The number of aryl methyl sites for hydroxylation is 1. The molecule has 0 fully saturated rings. The zero-order valence-electron chi connectivity index (χ0n) is 16.0. The highest BCUT2D eigenvalue weighted by Crippen LogP contribution is 2.35. The molecule has 0 atom stereocenters. The first-order valence-electron chi connectivity index (χ1n) is 9.05. The van der Waals surface area contributed by atoms with Crippen LogP contribution in [0.25, 0.3) is 28.2 Å². The van der Waals surface area contributed by atoms with Crippen molar-refractivity contribution in [2.45, 2.75) is 13.3 Å². The Labute approximate surface area is 168 Å². The zero-order chi connectivity index (χ0) is 20.4. The van der Waals surface area contributed by atoms with E-state index in [9.17, 15) is 0 Å². The summed E-state index contributed by atoms with van der Waals surface area (Å²) in [5, 5.41) is 18.2. The Morgan fingerprint density at radius 3 is 2.28 bits per heavy atom. The van der Waals surface area contributed by atoms with E-state index in [4.69, 9.17) is 20.2 Å². The Hall–Kier alpha value is -4.16. The van der Waals surface area contributed by atoms with Gasteiger partial charge in [-0.2, -0.15) is 10.5 Å². The van der Waals surface area contributed by atoms with Gasteiger partial charge in [0.2, 0.25) is 5.65 Å². The molecule has 140 valence electrons. The highest BCUT2D eigenvalue weighted by atomic mass is 16.5. The van der Waals surface area contributed by atoms with Crippen molar-refractivity contribution in [1.29, 1.82) is 10.5 Å². The molecule has 2 heterocycles. The number of ether oxygens (including phenoxy) is 1. The Morgan fingerprint density at radius 1 is 0.966 bits per heavy atom. The molecule has 0 amide bonds. The molecule has 2 aromatic heterocycles. The molecule has 29 heavy (non-hydrogen) atoms. The smallest absolute Gasteiger partial charge is 0.258 e. The molecule has 6 heteroatoms. The van der Waals surface area contributed by atoms with Crippen molar-refractivity contribution in [2.75, 3.05) is 7.11 Å². The Kier molecular flexibility index (Phi) is 4.68. The summed E-state index contributed by atoms with van der Waals surface area (Å²) in [5.41, 5.74) is 6.33. The van der Waals surface area contributed by atoms with Crippen LogP contribution < -0.4 is 4.74 Å². The molecule has 0 saturated heterocycles. The van der Waals surface area contributed by atoms with E-state index in [1.54, 1.807) is 19.2 Å². The van der Waals surface area contributed by atoms with Gasteiger partial charge in [-0.05, 0) is 19.1 Å². The standard InChI is InChI=1S/C23H17N5O/c1-15-3-7-18(8-4-15)21-20(17-9-5-16(13-25)6-10-17)27-23(29-2)22-26-19(11-12-24)14-28(21)22/h3-10,14H,11H2,1-2H3. The van der Waals surface area contributed by atoms with Crippen LogP contribution in [-0.4, -0.2) is 21.5 Å². The average molecular weight is 379 g/mol. The minimum absolute atomic E-state index is 0.199. The molecule has 6 nitrogen and oxygen atoms in total. The molecular weight excluding hydrogens is 362 g/mol. The fourth-order valence-corrected chi connectivity index (χ4v) is 3.26. The molecule has 2 aromatic carbocycles. The Bertz CT molecular complexity index is 1270. The van der Waals surface area contributed by atoms with Crippen molar-refractivity contribution >= 4 is 5.65 Å². The monoisotopic (exact) mass is 379 g/mol. The van der Waals surface area contributed by atoms with Gasteiger partial charge >= 0.3 is 0 Å². The molecule has 0 aliphatic heterocycles. The van der Waals surface area contributed by atoms with Gasteiger partial charge in [0.15, 0.2) is 0 Å². The summed E-state index contributed by atoms with van der Waals surface area (Å²) in [5.74, 6) is 0.379. The lowest BCUT2D eigenvalue weighted by atomic mass is 10.0. The second-order valence-electron chi connectivity index (χ2n) is 6.63. The number of hydrogen-bond acceptors (Lipinski definition) is 5. The Morgan fingerprint density at radius 2 is 1.66 bits per heavy atom. The van der Waals surface area contributed by atoms with E-state index in [0.717, 1.165) is 22.4 Å². The maximum atomic E-state index is 9.11. The van der Waals surface area contributed by atoms with E-state index < -0.39 is 0 Å². The third kappa shape index (κ3) is 3.28. The summed E-state index contributed by atoms with van der Waals surface area (Å²) in [7, 11) is 1.55. The second kappa shape index (κ2) is 7.46. The van der Waals surface area contributed by atoms with Crippen LogP contribution in [-0.2, 0) is 6.42 Å². The maximum absolute atomic E-state index is 9.11. The lowest BCUT2D eigenvalue weighted by Gasteiger charge is -2.14. The molecule has 0 aliphatic carbocycles. The Balaban J connectivity index is 2.07. The minimum Gasteiger partial charge on any atom is -0.478 e. The van der Waals surface area contributed by atoms with Crippen molar-refractivity contribution in [3.63, 3.8) is 0 Å². The largest absolute Gasteiger partial charge is 0.478 e. The number of aromatic nitrogens is 3. The molecule has 4 rings (SSSR count). The summed E-state index contributed by atoms with van der Waals surface area (Å²) >= 11 is 0. The topological polar surface area (TPSA) is 87.0 Å². The van der Waals surface area contributed by atoms with Gasteiger partial charge in [0.1, 0.15) is 0 Å². The van der Waals surface area contributed by atoms with E-state index in [-0.39, 0.29) is 6.42 Å². The molecule has 0 N–H and O–H groups in total. The number of methoxy groups -OCH3 is 1. The summed E-state index contributed by atoms with van der Waals surface area (Å²) in [6.45, 7) is 2.04. The minimum atomic E-state index is 0.199. The van der Waals surface area contributed by atoms with Gasteiger partial charge in [-0.15, -0.1) is 0 Å². The van der Waals surface area contributed by atoms with Gasteiger partial charge in [0.25, 0.3) is 5.88 Å². The summed E-state index contributed by atoms with van der Waals surface area (Å²) in [4.78, 5) is 9.30. The number of hydrogen-bond donors (Lipinski definition) is 0. The van der Waals surface area contributed by atoms with Crippen LogP contribution in [0.1, 0.15) is 16.8 Å². The average Bonchev–Trinajstić information content (AvgIpc) is 3.17. The van der Waals surface area contributed by atoms with E-state index in [0.29, 0.717) is 28.5 Å². The highest BCUT2D eigenvalue weighted by molar-refractivity contribution is 5.82. The van der Waals surface area contributed by atoms with Crippen LogP contribution >= 0.6 is 0 Å². The van der Waals surface area contributed by atoms with E-state index in [1.165, 1.54) is 0 Å². The van der Waals surface area contributed by atoms with Crippen LogP contribution in [0.3, 0.4) is 0 Å². The first-order valence-corrected chi connectivity index (χ1v) is 9.05. The number of rotatable bonds is 4. The van der Waals surface area contributed by atoms with Crippen molar-refractivity contribution in [2.24, 2.45) is 0 Å². The zero-order valence-corrected chi connectivity index (χ0v) is 16.0. The van der Waals surface area contributed by atoms with Crippen molar-refractivity contribution < 1.29 is 4.74 Å². The first-order chi connectivity index (χ1) is 14.1. The van der Waals surface area contributed by atoms with Gasteiger partial charge < -0.3 is 4.74 Å². The predicted molar refractivity (Wildman–Crippen MR) is 109 cm³/mol. The number of fused-ring (bicyclic) bond motifs is 1. The molecule has 4 aromatic rings. The van der Waals surface area contributed by atoms with Crippen LogP contribution in [0.5, 0.6) is 5.88 Å². The molecule has 0 aliphatic rings. The van der Waals surface area contributed by atoms with Crippen molar-refractivity contribution in [3.8, 4) is 40.5 Å². The lowest BCUT2D eigenvalue weighted by Crippen LogP contribution is -2.02. The third-order valence-corrected chi connectivity index (χ3v) is 4.69. The normalized spacial score (nSPS) is 10.5. The third-order valence-electron chi connectivity index (χ3n) is 4.69. The quantitative estimate of drug-likeness (QED) is 0.527. The second-order valence-corrected chi connectivity index (χ2v) is 6.63. The number of nitrogens with zero attached hydrogens (tertiary/aromatic N) is 5. The molecular formula is C23H17N5O. The summed E-state index contributed by atoms with van der Waals surface area (Å²) < 4.78 is 7.43. The lowest BCUT2D eigenvalue weighted by molar-refractivity contribution is 0.401. The predicted octanol–water partition coefficient (Wildman–Crippen LogP) is 4.32. The van der Waals surface area contributed by atoms with Gasteiger partial charge in [0, 0.05) is 17.3 Å². The first kappa shape index (κ1) is 18.2. The maximum Gasteiger partial charge on any atom is 0.258 e. The summed E-state index contributed by atoms with van der Waals surface area (Å²) in [6, 6.07) is 19.7. The molecule has 0 saturated carbocycles. The number of imidazole rings is 1. The molecule has 0 spiro atoms. The van der Waals surface area contributed by atoms with Crippen molar-refractivity contribution in [1.82, 2.24) is 14.4 Å². The summed E-state index contributed by atoms with van der Waals surface area (Å²) in [6.07, 6.45) is 2.05.